The summed E-state index contributed by atoms with van der Waals surface area (Å²) in [5, 5.41) is 23.6. The van der Waals surface area contributed by atoms with Gasteiger partial charge >= 0.3 is 0 Å². The summed E-state index contributed by atoms with van der Waals surface area (Å²) >= 11 is 6.61. The molecule has 7 nitrogen and oxygen atoms in total. The van der Waals surface area contributed by atoms with E-state index in [1.54, 1.807) is 39.9 Å². The number of halogens is 1. The summed E-state index contributed by atoms with van der Waals surface area (Å²) in [5.41, 5.74) is 5.59. The van der Waals surface area contributed by atoms with Gasteiger partial charge in [0, 0.05) is 34.8 Å². The van der Waals surface area contributed by atoms with E-state index in [4.69, 9.17) is 16.7 Å². The average molecular weight is 498 g/mol. The zero-order valence-corrected chi connectivity index (χ0v) is 20.5. The molecule has 2 aromatic carbocycles. The van der Waals surface area contributed by atoms with Gasteiger partial charge < -0.3 is 5.11 Å². The molecule has 0 saturated carbocycles. The molecule has 36 heavy (non-hydrogen) atoms. The lowest BCUT2D eigenvalue weighted by Crippen LogP contribution is -2.36. The lowest BCUT2D eigenvalue weighted by molar-refractivity contribution is 0.0942. The van der Waals surface area contributed by atoms with E-state index in [9.17, 15) is 9.90 Å². The van der Waals surface area contributed by atoms with Crippen molar-refractivity contribution in [3.05, 3.63) is 106 Å². The summed E-state index contributed by atoms with van der Waals surface area (Å²) in [5.74, 6) is 0.200. The van der Waals surface area contributed by atoms with Crippen molar-refractivity contribution in [2.24, 2.45) is 0 Å². The van der Waals surface area contributed by atoms with Crippen molar-refractivity contribution in [1.82, 2.24) is 24.4 Å². The molecule has 0 bridgehead atoms. The molecule has 0 aliphatic heterocycles. The van der Waals surface area contributed by atoms with Crippen LogP contribution in [0.3, 0.4) is 0 Å². The Labute approximate surface area is 213 Å². The monoisotopic (exact) mass is 497 g/mol. The van der Waals surface area contributed by atoms with Gasteiger partial charge in [0.2, 0.25) is 0 Å². The van der Waals surface area contributed by atoms with Crippen molar-refractivity contribution in [3.8, 4) is 11.4 Å². The number of rotatable bonds is 5. The molecule has 0 saturated heterocycles. The first-order valence-electron chi connectivity index (χ1n) is 11.9. The number of aromatic hydroxyl groups is 1. The zero-order valence-electron chi connectivity index (χ0n) is 19.7. The van der Waals surface area contributed by atoms with Gasteiger partial charge in [0.15, 0.2) is 5.78 Å². The standard InChI is InChI=1S/C28H24ClN5O2/c1-18-11-25(35)27-22-13-28(19-5-3-2-4-6-19,10-9-24(22)32-34(27)15-18)14-26(36)21-8-7-20(12-23(21)29)33-16-30-31-17-33/h2-8,11-12,15-17,35H,9-10,13-14H2,1H3. The maximum atomic E-state index is 13.7. The lowest BCUT2D eigenvalue weighted by Gasteiger charge is -2.37. The van der Waals surface area contributed by atoms with Gasteiger partial charge in [-0.2, -0.15) is 5.10 Å². The molecular weight excluding hydrogens is 474 g/mol. The quantitative estimate of drug-likeness (QED) is 0.334. The Bertz CT molecular complexity index is 1590. The third-order valence-corrected chi connectivity index (χ3v) is 7.55. The predicted molar refractivity (Wildman–Crippen MR) is 137 cm³/mol. The molecule has 3 aromatic heterocycles. The number of hydrogen-bond donors (Lipinski definition) is 1. The molecule has 0 spiro atoms. The highest BCUT2D eigenvalue weighted by atomic mass is 35.5. The fourth-order valence-corrected chi connectivity index (χ4v) is 5.76. The summed E-state index contributed by atoms with van der Waals surface area (Å²) in [6.45, 7) is 1.94. The summed E-state index contributed by atoms with van der Waals surface area (Å²) in [4.78, 5) is 13.7. The van der Waals surface area contributed by atoms with Gasteiger partial charge in [-0.3, -0.25) is 9.36 Å². The molecule has 8 heteroatoms. The van der Waals surface area contributed by atoms with Crippen LogP contribution in [0.1, 0.15) is 45.6 Å². The van der Waals surface area contributed by atoms with Crippen LogP contribution >= 0.6 is 11.6 Å². The highest BCUT2D eigenvalue weighted by Crippen LogP contribution is 2.44. The molecule has 5 aromatic rings. The van der Waals surface area contributed by atoms with Crippen molar-refractivity contribution in [2.75, 3.05) is 0 Å². The Morgan fingerprint density at radius 3 is 2.64 bits per heavy atom. The van der Waals surface area contributed by atoms with Crippen LogP contribution in [0.25, 0.3) is 11.2 Å². The van der Waals surface area contributed by atoms with Gasteiger partial charge in [-0.1, -0.05) is 41.9 Å². The normalized spacial score (nSPS) is 17.3. The Kier molecular flexibility index (Phi) is 5.38. The van der Waals surface area contributed by atoms with E-state index >= 15 is 0 Å². The van der Waals surface area contributed by atoms with Crippen LogP contribution in [0, 0.1) is 6.92 Å². The summed E-state index contributed by atoms with van der Waals surface area (Å²) in [7, 11) is 0. The van der Waals surface area contributed by atoms with Crippen LogP contribution in [0.5, 0.6) is 5.75 Å². The number of carbonyl (C=O) groups excluding carboxylic acids is 1. The van der Waals surface area contributed by atoms with E-state index in [1.165, 1.54) is 0 Å². The maximum absolute atomic E-state index is 13.7. The number of hydrogen-bond acceptors (Lipinski definition) is 5. The van der Waals surface area contributed by atoms with Crippen molar-refractivity contribution in [3.63, 3.8) is 0 Å². The third-order valence-electron chi connectivity index (χ3n) is 7.24. The minimum absolute atomic E-state index is 0.0147. The molecule has 0 amide bonds. The number of Topliss-reactive ketones (excluding diaryl/α,β-unsaturated/α-hetero) is 1. The van der Waals surface area contributed by atoms with Gasteiger partial charge in [0.1, 0.15) is 23.9 Å². The number of aryl methyl sites for hydroxylation is 2. The molecule has 1 aliphatic carbocycles. The molecule has 6 rings (SSSR count). The highest BCUT2D eigenvalue weighted by molar-refractivity contribution is 6.34. The Morgan fingerprint density at radius 2 is 1.89 bits per heavy atom. The molecule has 0 fully saturated rings. The van der Waals surface area contributed by atoms with Crippen molar-refractivity contribution < 1.29 is 9.90 Å². The van der Waals surface area contributed by atoms with Gasteiger partial charge in [-0.25, -0.2) is 4.52 Å². The number of pyridine rings is 1. The molecular formula is C28H24ClN5O2. The zero-order chi connectivity index (χ0) is 24.9. The number of benzene rings is 2. The van der Waals surface area contributed by atoms with Crippen molar-refractivity contribution in [1.29, 1.82) is 0 Å². The van der Waals surface area contributed by atoms with Gasteiger partial charge in [-0.15, -0.1) is 10.2 Å². The second-order valence-electron chi connectivity index (χ2n) is 9.58. The van der Waals surface area contributed by atoms with E-state index in [-0.39, 0.29) is 11.5 Å². The van der Waals surface area contributed by atoms with E-state index in [0.29, 0.717) is 23.4 Å². The van der Waals surface area contributed by atoms with Crippen molar-refractivity contribution in [2.45, 2.75) is 38.0 Å². The summed E-state index contributed by atoms with van der Waals surface area (Å²) < 4.78 is 3.52. The molecule has 1 aliphatic rings. The van der Waals surface area contributed by atoms with Crippen LogP contribution < -0.4 is 0 Å². The molecule has 0 radical (unpaired) electrons. The molecule has 3 heterocycles. The van der Waals surface area contributed by atoms with Crippen molar-refractivity contribution >= 4 is 22.9 Å². The second kappa shape index (κ2) is 8.60. The number of fused-ring (bicyclic) bond motifs is 3. The van der Waals surface area contributed by atoms with E-state index in [0.717, 1.165) is 46.4 Å². The van der Waals surface area contributed by atoms with Crippen LogP contribution in [-0.4, -0.2) is 35.3 Å². The number of aromatic nitrogens is 5. The summed E-state index contributed by atoms with van der Waals surface area (Å²) in [6.07, 6.45) is 7.50. The van der Waals surface area contributed by atoms with E-state index < -0.39 is 5.41 Å². The largest absolute Gasteiger partial charge is 0.506 e. The van der Waals surface area contributed by atoms with Crippen LogP contribution in [0.15, 0.2) is 73.4 Å². The Hall–Kier alpha value is -3.97. The van der Waals surface area contributed by atoms with Gasteiger partial charge in [0.05, 0.1) is 10.7 Å². The predicted octanol–water partition coefficient (Wildman–Crippen LogP) is 5.28. The molecule has 180 valence electrons. The Morgan fingerprint density at radius 1 is 1.11 bits per heavy atom. The maximum Gasteiger partial charge on any atom is 0.165 e. The summed E-state index contributed by atoms with van der Waals surface area (Å²) in [6, 6.07) is 17.3. The first-order valence-corrected chi connectivity index (χ1v) is 12.2. The number of carbonyl (C=O) groups is 1. The van der Waals surface area contributed by atoms with E-state index in [2.05, 4.69) is 22.3 Å². The fourth-order valence-electron chi connectivity index (χ4n) is 5.48. The minimum atomic E-state index is -0.442. The SMILES string of the molecule is Cc1cc(O)c2c3c(nn2c1)CCC(CC(=O)c1ccc(-n2cnnc2)cc1Cl)(c1ccccc1)C3. The van der Waals surface area contributed by atoms with Gasteiger partial charge in [-0.05, 0) is 61.6 Å². The molecule has 1 N–H and O–H groups in total. The second-order valence-corrected chi connectivity index (χ2v) is 9.98. The topological polar surface area (TPSA) is 85.3 Å². The van der Waals surface area contributed by atoms with E-state index in [1.807, 2.05) is 37.4 Å². The number of nitrogens with zero attached hydrogens (tertiary/aromatic N) is 5. The number of ketones is 1. The minimum Gasteiger partial charge on any atom is -0.506 e. The first-order chi connectivity index (χ1) is 17.4. The molecule has 1 atom stereocenters. The third kappa shape index (κ3) is 3.76. The highest BCUT2D eigenvalue weighted by Gasteiger charge is 2.40. The van der Waals surface area contributed by atoms with Crippen LogP contribution in [-0.2, 0) is 18.3 Å². The van der Waals surface area contributed by atoms with Crippen LogP contribution in [0.2, 0.25) is 5.02 Å². The van der Waals surface area contributed by atoms with Gasteiger partial charge in [0.25, 0.3) is 0 Å². The average Bonchev–Trinajstić information content (AvgIpc) is 3.52. The first kappa shape index (κ1) is 22.5. The smallest absolute Gasteiger partial charge is 0.165 e. The fraction of sp³-hybridized carbons (Fsp3) is 0.214. The Balaban J connectivity index is 1.40. The lowest BCUT2D eigenvalue weighted by atomic mass is 9.65. The molecule has 1 unspecified atom stereocenters. The van der Waals surface area contributed by atoms with Crippen LogP contribution in [0.4, 0.5) is 0 Å².